The van der Waals surface area contributed by atoms with Crippen LogP contribution in [0.3, 0.4) is 0 Å². The molecule has 1 amide bonds. The first-order valence-corrected chi connectivity index (χ1v) is 6.88. The molecule has 2 aromatic rings. The van der Waals surface area contributed by atoms with Crippen molar-refractivity contribution in [3.63, 3.8) is 0 Å². The quantitative estimate of drug-likeness (QED) is 0.517. The number of hydrogen-bond donors (Lipinski definition) is 1. The van der Waals surface area contributed by atoms with Gasteiger partial charge in [-0.2, -0.15) is 5.26 Å². The van der Waals surface area contributed by atoms with Gasteiger partial charge in [0.05, 0.1) is 6.26 Å². The van der Waals surface area contributed by atoms with Crippen LogP contribution < -0.4 is 5.32 Å². The molecule has 0 saturated carbocycles. The second-order valence-electron chi connectivity index (χ2n) is 4.77. The van der Waals surface area contributed by atoms with Crippen molar-refractivity contribution in [2.45, 2.75) is 6.92 Å². The van der Waals surface area contributed by atoms with Crippen LogP contribution in [-0.2, 0) is 14.3 Å². The molecule has 0 aliphatic rings. The number of amides is 1. The summed E-state index contributed by atoms with van der Waals surface area (Å²) in [5.41, 5.74) is 0.381. The molecule has 2 rings (SSSR count). The van der Waals surface area contributed by atoms with E-state index in [9.17, 15) is 14.0 Å². The van der Waals surface area contributed by atoms with Crippen LogP contribution >= 0.6 is 0 Å². The smallest absolute Gasteiger partial charge is 0.349 e. The van der Waals surface area contributed by atoms with Gasteiger partial charge in [0.15, 0.2) is 6.61 Å². The maximum absolute atomic E-state index is 13.4. The van der Waals surface area contributed by atoms with E-state index in [1.54, 1.807) is 25.1 Å². The number of hydrogen-bond acceptors (Lipinski definition) is 5. The molecular formula is C17H13FN2O4. The van der Waals surface area contributed by atoms with Gasteiger partial charge in [0.2, 0.25) is 0 Å². The zero-order chi connectivity index (χ0) is 17.5. The van der Waals surface area contributed by atoms with Gasteiger partial charge in [0.25, 0.3) is 5.91 Å². The number of rotatable bonds is 5. The molecule has 1 heterocycles. The Morgan fingerprint density at radius 3 is 2.83 bits per heavy atom. The third kappa shape index (κ3) is 4.55. The average Bonchev–Trinajstić information content (AvgIpc) is 3.07. The number of ether oxygens (including phenoxy) is 1. The number of benzene rings is 1. The van der Waals surface area contributed by atoms with Crippen molar-refractivity contribution < 1.29 is 23.1 Å². The number of furan rings is 1. The molecule has 6 nitrogen and oxygen atoms in total. The number of carbonyl (C=O) groups is 2. The minimum absolute atomic E-state index is 0.241. The Morgan fingerprint density at radius 2 is 2.21 bits per heavy atom. The minimum Gasteiger partial charge on any atom is -0.465 e. The number of aryl methyl sites for hydroxylation is 1. The molecule has 1 aromatic carbocycles. The van der Waals surface area contributed by atoms with E-state index in [1.165, 1.54) is 24.5 Å². The topological polar surface area (TPSA) is 92.3 Å². The molecule has 0 bridgehead atoms. The number of halogens is 1. The van der Waals surface area contributed by atoms with Gasteiger partial charge in [0, 0.05) is 11.8 Å². The molecule has 0 saturated heterocycles. The molecule has 122 valence electrons. The normalized spacial score (nSPS) is 10.8. The number of nitrogens with one attached hydrogen (secondary N) is 1. The second-order valence-corrected chi connectivity index (χ2v) is 4.77. The predicted octanol–water partition coefficient (Wildman–Crippen LogP) is 2.82. The SMILES string of the molecule is Cc1ccc(NC(=O)COC(=O)/C(C#N)=C/c2ccco2)cc1F. The summed E-state index contributed by atoms with van der Waals surface area (Å²) in [5.74, 6) is -1.76. The number of nitriles is 1. The maximum Gasteiger partial charge on any atom is 0.349 e. The Balaban J connectivity index is 1.92. The monoisotopic (exact) mass is 328 g/mol. The van der Waals surface area contributed by atoms with Crippen molar-refractivity contribution >= 4 is 23.6 Å². The van der Waals surface area contributed by atoms with Crippen LogP contribution in [0.2, 0.25) is 0 Å². The van der Waals surface area contributed by atoms with Crippen LogP contribution in [-0.4, -0.2) is 18.5 Å². The lowest BCUT2D eigenvalue weighted by Gasteiger charge is -2.07. The van der Waals surface area contributed by atoms with Gasteiger partial charge in [-0.15, -0.1) is 0 Å². The van der Waals surface area contributed by atoms with E-state index in [0.29, 0.717) is 11.3 Å². The summed E-state index contributed by atoms with van der Waals surface area (Å²) in [6.07, 6.45) is 2.59. The third-order valence-corrected chi connectivity index (χ3v) is 2.96. The zero-order valence-corrected chi connectivity index (χ0v) is 12.7. The Bertz CT molecular complexity index is 820. The number of esters is 1. The van der Waals surface area contributed by atoms with Gasteiger partial charge in [-0.3, -0.25) is 4.79 Å². The van der Waals surface area contributed by atoms with Crippen LogP contribution in [0.4, 0.5) is 10.1 Å². The summed E-state index contributed by atoms with van der Waals surface area (Å²) in [5, 5.41) is 11.3. The van der Waals surface area contributed by atoms with E-state index in [-0.39, 0.29) is 11.3 Å². The van der Waals surface area contributed by atoms with Crippen molar-refractivity contribution in [2.75, 3.05) is 11.9 Å². The highest BCUT2D eigenvalue weighted by Gasteiger charge is 2.14. The first-order valence-electron chi connectivity index (χ1n) is 6.88. The number of carbonyl (C=O) groups excluding carboxylic acids is 2. The fourth-order valence-electron chi connectivity index (χ4n) is 1.73. The van der Waals surface area contributed by atoms with Gasteiger partial charge in [-0.25, -0.2) is 9.18 Å². The minimum atomic E-state index is -0.959. The van der Waals surface area contributed by atoms with E-state index in [4.69, 9.17) is 14.4 Å². The largest absolute Gasteiger partial charge is 0.465 e. The molecule has 0 atom stereocenters. The number of nitrogens with zero attached hydrogens (tertiary/aromatic N) is 1. The first kappa shape index (κ1) is 17.0. The average molecular weight is 328 g/mol. The summed E-state index contributed by atoms with van der Waals surface area (Å²) < 4.78 is 23.1. The predicted molar refractivity (Wildman–Crippen MR) is 83.0 cm³/mol. The zero-order valence-electron chi connectivity index (χ0n) is 12.7. The Hall–Kier alpha value is -3.40. The lowest BCUT2D eigenvalue weighted by Crippen LogP contribution is -2.21. The molecular weight excluding hydrogens is 315 g/mol. The van der Waals surface area contributed by atoms with Crippen molar-refractivity contribution in [1.82, 2.24) is 0 Å². The van der Waals surface area contributed by atoms with E-state index in [2.05, 4.69) is 5.32 Å². The molecule has 0 radical (unpaired) electrons. The summed E-state index contributed by atoms with van der Waals surface area (Å²) in [7, 11) is 0. The van der Waals surface area contributed by atoms with E-state index < -0.39 is 24.3 Å². The summed E-state index contributed by atoms with van der Waals surface area (Å²) >= 11 is 0. The molecule has 0 unspecified atom stereocenters. The maximum atomic E-state index is 13.4. The first-order chi connectivity index (χ1) is 11.5. The summed E-state index contributed by atoms with van der Waals surface area (Å²) in [6, 6.07) is 9.02. The lowest BCUT2D eigenvalue weighted by molar-refractivity contribution is -0.142. The van der Waals surface area contributed by atoms with E-state index in [0.717, 1.165) is 6.07 Å². The fraction of sp³-hybridized carbons (Fsp3) is 0.118. The highest BCUT2D eigenvalue weighted by Crippen LogP contribution is 2.13. The van der Waals surface area contributed by atoms with Gasteiger partial charge >= 0.3 is 5.97 Å². The highest BCUT2D eigenvalue weighted by atomic mass is 19.1. The van der Waals surface area contributed by atoms with Crippen molar-refractivity contribution in [2.24, 2.45) is 0 Å². The van der Waals surface area contributed by atoms with E-state index >= 15 is 0 Å². The van der Waals surface area contributed by atoms with Crippen LogP contribution in [0.15, 0.2) is 46.6 Å². The Morgan fingerprint density at radius 1 is 1.42 bits per heavy atom. The van der Waals surface area contributed by atoms with Crippen LogP contribution in [0.5, 0.6) is 0 Å². The van der Waals surface area contributed by atoms with Gasteiger partial charge in [0.1, 0.15) is 23.2 Å². The number of anilines is 1. The van der Waals surface area contributed by atoms with Gasteiger partial charge in [-0.05, 0) is 36.8 Å². The molecule has 1 N–H and O–H groups in total. The van der Waals surface area contributed by atoms with E-state index in [1.807, 2.05) is 0 Å². The molecule has 0 aliphatic carbocycles. The van der Waals surface area contributed by atoms with Gasteiger partial charge < -0.3 is 14.5 Å². The molecule has 7 heteroatoms. The van der Waals surface area contributed by atoms with Gasteiger partial charge in [-0.1, -0.05) is 6.07 Å². The fourth-order valence-corrected chi connectivity index (χ4v) is 1.73. The highest BCUT2D eigenvalue weighted by molar-refractivity contribution is 5.99. The van der Waals surface area contributed by atoms with Crippen LogP contribution in [0.1, 0.15) is 11.3 Å². The Kier molecular flexibility index (Phi) is 5.47. The third-order valence-electron chi connectivity index (χ3n) is 2.96. The van der Waals surface area contributed by atoms with Crippen molar-refractivity contribution in [1.29, 1.82) is 5.26 Å². The standard InChI is InChI=1S/C17H13FN2O4/c1-11-4-5-13(8-15(11)18)20-16(21)10-24-17(22)12(9-19)7-14-3-2-6-23-14/h2-8H,10H2,1H3,(H,20,21)/b12-7+. The molecule has 0 fully saturated rings. The lowest BCUT2D eigenvalue weighted by atomic mass is 10.2. The summed E-state index contributed by atoms with van der Waals surface area (Å²) in [6.45, 7) is 0.989. The van der Waals surface area contributed by atoms with Crippen molar-refractivity contribution in [3.8, 4) is 6.07 Å². The van der Waals surface area contributed by atoms with Crippen LogP contribution in [0, 0.1) is 24.1 Å². The molecule has 24 heavy (non-hydrogen) atoms. The van der Waals surface area contributed by atoms with Crippen LogP contribution in [0.25, 0.3) is 6.08 Å². The van der Waals surface area contributed by atoms with Crippen molar-refractivity contribution in [3.05, 3.63) is 59.3 Å². The Labute approximate surface area is 137 Å². The molecule has 0 aliphatic heterocycles. The molecule has 0 spiro atoms. The molecule has 1 aromatic heterocycles. The summed E-state index contributed by atoms with van der Waals surface area (Å²) in [4.78, 5) is 23.5. The second kappa shape index (κ2) is 7.74.